The predicted molar refractivity (Wildman–Crippen MR) is 108 cm³/mol. The minimum Gasteiger partial charge on any atom is -0.497 e. The summed E-state index contributed by atoms with van der Waals surface area (Å²) in [5.74, 6) is 2.06. The highest BCUT2D eigenvalue weighted by Gasteiger charge is 2.38. The van der Waals surface area contributed by atoms with Crippen molar-refractivity contribution in [3.8, 4) is 11.5 Å². The van der Waals surface area contributed by atoms with Crippen LogP contribution in [-0.4, -0.2) is 39.2 Å². The Kier molecular flexibility index (Phi) is 5.81. The maximum Gasteiger partial charge on any atom is 0.244 e. The van der Waals surface area contributed by atoms with Gasteiger partial charge in [0.25, 0.3) is 0 Å². The molecule has 0 radical (unpaired) electrons. The molecule has 0 N–H and O–H groups in total. The van der Waals surface area contributed by atoms with E-state index in [0.717, 1.165) is 14.9 Å². The number of benzene rings is 2. The quantitative estimate of drug-likeness (QED) is 0.597. The number of thioether (sulfide) groups is 1. The Balaban J connectivity index is 2.02. The summed E-state index contributed by atoms with van der Waals surface area (Å²) in [7, 11) is -0.408. The molecule has 0 aromatic heterocycles. The van der Waals surface area contributed by atoms with E-state index < -0.39 is 10.0 Å². The summed E-state index contributed by atoms with van der Waals surface area (Å²) in [6, 6.07) is 12.4. The monoisotopic (exact) mass is 491 g/mol. The average Bonchev–Trinajstić information content (AvgIpc) is 3.12. The molecule has 3 rings (SSSR count). The second-order valence-corrected chi connectivity index (χ2v) is 9.72. The number of hydrogen-bond acceptors (Lipinski definition) is 5. The zero-order valence-corrected chi connectivity index (χ0v) is 17.6. The molecule has 0 aliphatic carbocycles. The van der Waals surface area contributed by atoms with E-state index in [9.17, 15) is 8.42 Å². The third kappa shape index (κ3) is 3.76. The molecule has 1 aliphatic heterocycles. The molecule has 0 bridgehead atoms. The lowest BCUT2D eigenvalue weighted by molar-refractivity contribution is 0.382. The summed E-state index contributed by atoms with van der Waals surface area (Å²) >= 11 is 3.75. The lowest BCUT2D eigenvalue weighted by atomic mass is 10.2. The lowest BCUT2D eigenvalue weighted by Gasteiger charge is -2.25. The zero-order chi connectivity index (χ0) is 18.0. The van der Waals surface area contributed by atoms with Crippen LogP contribution in [-0.2, 0) is 10.0 Å². The lowest BCUT2D eigenvalue weighted by Crippen LogP contribution is -2.30. The van der Waals surface area contributed by atoms with Gasteiger partial charge in [0.15, 0.2) is 0 Å². The molecule has 5 nitrogen and oxygen atoms in total. The summed E-state index contributed by atoms with van der Waals surface area (Å²) in [5.41, 5.74) is 0.804. The number of nitrogens with zero attached hydrogens (tertiary/aromatic N) is 1. The summed E-state index contributed by atoms with van der Waals surface area (Å²) in [5, 5.41) is -0.339. The molecule has 2 aromatic rings. The Bertz CT molecular complexity index is 855. The normalized spacial score (nSPS) is 18.3. The maximum atomic E-state index is 13.1. The first-order valence-electron chi connectivity index (χ1n) is 7.58. The molecule has 0 spiro atoms. The van der Waals surface area contributed by atoms with E-state index in [4.69, 9.17) is 9.47 Å². The Morgan fingerprint density at radius 1 is 1.12 bits per heavy atom. The fourth-order valence-electron chi connectivity index (χ4n) is 2.72. The third-order valence-electron chi connectivity index (χ3n) is 3.97. The Morgan fingerprint density at radius 2 is 1.84 bits per heavy atom. The van der Waals surface area contributed by atoms with Gasteiger partial charge in [0.2, 0.25) is 10.0 Å². The molecule has 0 unspecified atom stereocenters. The van der Waals surface area contributed by atoms with Crippen LogP contribution in [0.15, 0.2) is 47.4 Å². The molecule has 134 valence electrons. The van der Waals surface area contributed by atoms with Crippen LogP contribution in [0.5, 0.6) is 11.5 Å². The molecule has 1 atom stereocenters. The second-order valence-electron chi connectivity index (χ2n) is 5.40. The Labute approximate surface area is 165 Å². The minimum atomic E-state index is -3.58. The molecule has 1 aliphatic rings. The van der Waals surface area contributed by atoms with E-state index in [0.29, 0.717) is 22.9 Å². The van der Waals surface area contributed by atoms with Crippen LogP contribution in [0.3, 0.4) is 0 Å². The van der Waals surface area contributed by atoms with Gasteiger partial charge in [-0.15, -0.1) is 11.8 Å². The highest BCUT2D eigenvalue weighted by molar-refractivity contribution is 14.1. The third-order valence-corrected chi connectivity index (χ3v) is 7.95. The molecule has 1 saturated heterocycles. The van der Waals surface area contributed by atoms with Crippen molar-refractivity contribution in [3.05, 3.63) is 51.6 Å². The zero-order valence-electron chi connectivity index (χ0n) is 13.8. The molecule has 1 fully saturated rings. The van der Waals surface area contributed by atoms with E-state index in [1.165, 1.54) is 4.31 Å². The summed E-state index contributed by atoms with van der Waals surface area (Å²) in [6.45, 7) is 0.462. The van der Waals surface area contributed by atoms with Gasteiger partial charge in [0, 0.05) is 21.4 Å². The van der Waals surface area contributed by atoms with E-state index in [1.807, 2.05) is 12.1 Å². The molecule has 8 heteroatoms. The van der Waals surface area contributed by atoms with Crippen molar-refractivity contribution in [1.29, 1.82) is 0 Å². The van der Waals surface area contributed by atoms with Crippen LogP contribution in [0.4, 0.5) is 0 Å². The van der Waals surface area contributed by atoms with Gasteiger partial charge in [-0.25, -0.2) is 8.42 Å². The first-order chi connectivity index (χ1) is 12.0. The van der Waals surface area contributed by atoms with Crippen LogP contribution in [0.1, 0.15) is 10.9 Å². The number of rotatable bonds is 5. The SMILES string of the molecule is COc1ccc(OC)c([C@H]2SCCN2S(=O)(=O)c2ccc(I)cc2)c1. The Hall–Kier alpha value is -0.970. The fourth-order valence-corrected chi connectivity index (χ4v) is 6.33. The molecular weight excluding hydrogens is 473 g/mol. The van der Waals surface area contributed by atoms with Crippen LogP contribution in [0.25, 0.3) is 0 Å². The van der Waals surface area contributed by atoms with Gasteiger partial charge >= 0.3 is 0 Å². The van der Waals surface area contributed by atoms with Crippen molar-refractivity contribution < 1.29 is 17.9 Å². The number of methoxy groups -OCH3 is 2. The number of halogens is 1. The molecule has 2 aromatic carbocycles. The standard InChI is InChI=1S/C17H18INO4S2/c1-22-13-5-8-16(23-2)15(11-13)17-19(9-10-24-17)25(20,21)14-6-3-12(18)4-7-14/h3-8,11,17H,9-10H2,1-2H3/t17-/m1/s1. The number of ether oxygens (including phenoxy) is 2. The predicted octanol–water partition coefficient (Wildman–Crippen LogP) is 3.74. The number of hydrogen-bond donors (Lipinski definition) is 0. The molecular formula is C17H18INO4S2. The summed E-state index contributed by atoms with van der Waals surface area (Å²) in [4.78, 5) is 0.308. The Morgan fingerprint density at radius 3 is 2.48 bits per heavy atom. The second kappa shape index (κ2) is 7.73. The summed E-state index contributed by atoms with van der Waals surface area (Å²) < 4.78 is 39.5. The van der Waals surface area contributed by atoms with Gasteiger partial charge in [-0.1, -0.05) is 0 Å². The van der Waals surface area contributed by atoms with Gasteiger partial charge < -0.3 is 9.47 Å². The smallest absolute Gasteiger partial charge is 0.244 e. The topological polar surface area (TPSA) is 55.8 Å². The molecule has 25 heavy (non-hydrogen) atoms. The van der Waals surface area contributed by atoms with Crippen molar-refractivity contribution in [3.63, 3.8) is 0 Å². The van der Waals surface area contributed by atoms with Crippen molar-refractivity contribution in [1.82, 2.24) is 4.31 Å². The van der Waals surface area contributed by atoms with E-state index in [1.54, 1.807) is 56.3 Å². The van der Waals surface area contributed by atoms with Gasteiger partial charge in [0.05, 0.1) is 24.5 Å². The molecule has 0 amide bonds. The van der Waals surface area contributed by atoms with Crippen LogP contribution in [0.2, 0.25) is 0 Å². The fraction of sp³-hybridized carbons (Fsp3) is 0.294. The first kappa shape index (κ1) is 18.8. The summed E-state index contributed by atoms with van der Waals surface area (Å²) in [6.07, 6.45) is 0. The van der Waals surface area contributed by atoms with Crippen LogP contribution in [0, 0.1) is 3.57 Å². The van der Waals surface area contributed by atoms with E-state index in [2.05, 4.69) is 22.6 Å². The van der Waals surface area contributed by atoms with Gasteiger partial charge in [-0.2, -0.15) is 4.31 Å². The van der Waals surface area contributed by atoms with Crippen molar-refractivity contribution in [2.24, 2.45) is 0 Å². The van der Waals surface area contributed by atoms with Gasteiger partial charge in [-0.05, 0) is 65.1 Å². The van der Waals surface area contributed by atoms with E-state index in [-0.39, 0.29) is 5.37 Å². The van der Waals surface area contributed by atoms with E-state index >= 15 is 0 Å². The maximum absolute atomic E-state index is 13.1. The molecule has 1 heterocycles. The average molecular weight is 491 g/mol. The van der Waals surface area contributed by atoms with Crippen molar-refractivity contribution in [2.75, 3.05) is 26.5 Å². The van der Waals surface area contributed by atoms with Crippen molar-refractivity contribution in [2.45, 2.75) is 10.3 Å². The van der Waals surface area contributed by atoms with Crippen LogP contribution >= 0.6 is 34.4 Å². The minimum absolute atomic E-state index is 0.308. The van der Waals surface area contributed by atoms with Crippen LogP contribution < -0.4 is 9.47 Å². The van der Waals surface area contributed by atoms with Gasteiger partial charge in [0.1, 0.15) is 11.5 Å². The van der Waals surface area contributed by atoms with Crippen molar-refractivity contribution >= 4 is 44.4 Å². The highest BCUT2D eigenvalue weighted by Crippen LogP contribution is 2.45. The highest BCUT2D eigenvalue weighted by atomic mass is 127. The largest absolute Gasteiger partial charge is 0.497 e. The molecule has 0 saturated carbocycles. The van der Waals surface area contributed by atoms with Gasteiger partial charge in [-0.3, -0.25) is 0 Å². The number of sulfonamides is 1. The first-order valence-corrected chi connectivity index (χ1v) is 11.1.